The Kier molecular flexibility index (Phi) is 49.2. The fourth-order valence-corrected chi connectivity index (χ4v) is 12.6. The third-order valence-electron chi connectivity index (χ3n) is 18.7. The van der Waals surface area contributed by atoms with Gasteiger partial charge in [0.15, 0.2) is 23.0 Å². The lowest BCUT2D eigenvalue weighted by Crippen LogP contribution is -2.13. The Hall–Kier alpha value is -5.78. The van der Waals surface area contributed by atoms with E-state index in [1.165, 1.54) is 205 Å². The first-order chi connectivity index (χ1) is 48.2. The van der Waals surface area contributed by atoms with Crippen LogP contribution in [0.4, 0.5) is 11.4 Å². The van der Waals surface area contributed by atoms with E-state index in [0.717, 1.165) is 103 Å². The molecule has 98 heavy (non-hydrogen) atoms. The molecule has 0 aliphatic carbocycles. The zero-order valence-corrected chi connectivity index (χ0v) is 63.2. The second-order valence-electron chi connectivity index (χ2n) is 27.8. The average molecular weight is 1360 g/mol. The first-order valence-electron chi connectivity index (χ1n) is 40.5. The summed E-state index contributed by atoms with van der Waals surface area (Å²) >= 11 is 0. The number of nitrogens with two attached hydrogens (primary N) is 2. The molecule has 0 spiro atoms. The van der Waals surface area contributed by atoms with Crippen LogP contribution in [0.2, 0.25) is 0 Å². The number of hydrogen-bond donors (Lipinski definition) is 2. The van der Waals surface area contributed by atoms with Gasteiger partial charge in [0.05, 0.1) is 50.8 Å². The molecule has 0 atom stereocenters. The number of esters is 2. The van der Waals surface area contributed by atoms with E-state index in [2.05, 4.69) is 41.5 Å². The van der Waals surface area contributed by atoms with Gasteiger partial charge in [0.25, 0.3) is 0 Å². The Morgan fingerprint density at radius 3 is 0.653 bits per heavy atom. The van der Waals surface area contributed by atoms with Crippen LogP contribution in [-0.4, -0.2) is 51.6 Å². The van der Waals surface area contributed by atoms with Gasteiger partial charge in [-0.3, -0.25) is 0 Å². The van der Waals surface area contributed by atoms with E-state index in [4.69, 9.17) is 49.4 Å². The molecule has 0 radical (unpaired) electrons. The molecular formula is C86H140N2O10. The molecule has 4 aromatic carbocycles. The van der Waals surface area contributed by atoms with Gasteiger partial charge in [-0.05, 0) is 87.1 Å². The number of anilines is 2. The molecule has 0 saturated carbocycles. The molecule has 0 aliphatic heterocycles. The fraction of sp³-hybridized carbons (Fsp3) is 0.698. The molecule has 0 saturated heterocycles. The molecule has 12 heteroatoms. The van der Waals surface area contributed by atoms with Gasteiger partial charge in [-0.25, -0.2) is 9.59 Å². The summed E-state index contributed by atoms with van der Waals surface area (Å²) in [7, 11) is 0. The van der Waals surface area contributed by atoms with Crippen molar-refractivity contribution in [2.45, 2.75) is 350 Å². The van der Waals surface area contributed by atoms with Gasteiger partial charge in [0, 0.05) is 34.6 Å². The number of carbonyl (C=O) groups is 2. The highest BCUT2D eigenvalue weighted by Crippen LogP contribution is 2.44. The van der Waals surface area contributed by atoms with Crippen LogP contribution in [-0.2, 0) is 0 Å². The smallest absolute Gasteiger partial charge is 0.343 e. The van der Waals surface area contributed by atoms with E-state index in [9.17, 15) is 9.59 Å². The van der Waals surface area contributed by atoms with Gasteiger partial charge >= 0.3 is 11.9 Å². The van der Waals surface area contributed by atoms with Crippen LogP contribution in [0, 0.1) is 0 Å². The molecular weight excluding hydrogens is 1220 g/mol. The minimum Gasteiger partial charge on any atom is -0.490 e. The Bertz CT molecular complexity index is 2390. The number of rotatable bonds is 65. The largest absolute Gasteiger partial charge is 0.490 e. The number of benzene rings is 4. The van der Waals surface area contributed by atoms with Crippen molar-refractivity contribution in [3.8, 4) is 57.1 Å². The van der Waals surface area contributed by atoms with E-state index in [1.54, 1.807) is 60.7 Å². The first kappa shape index (κ1) is 84.6. The zero-order valence-electron chi connectivity index (χ0n) is 63.2. The van der Waals surface area contributed by atoms with Gasteiger partial charge in [-0.2, -0.15) is 0 Å². The van der Waals surface area contributed by atoms with Gasteiger partial charge in [-0.15, -0.1) is 0 Å². The molecule has 0 aliphatic rings. The summed E-state index contributed by atoms with van der Waals surface area (Å²) in [5.41, 5.74) is 15.2. The van der Waals surface area contributed by atoms with Crippen molar-refractivity contribution in [2.75, 3.05) is 51.1 Å². The lowest BCUT2D eigenvalue weighted by Gasteiger charge is -2.20. The van der Waals surface area contributed by atoms with Crippen molar-refractivity contribution in [1.29, 1.82) is 0 Å². The SMILES string of the molecule is CCCCCCCCCCOc1cc(C(=O)Oc2cc(N)ccc2-c2ccc(N)cc2OC(=O)c2cc(OCCCCCCCCCC)c(OCCCCCCCCCC)c(OCCCCCCCCCC)c2)cc(OCCCCCCCCCC)c1OCCCCCCCCCC. The number of nitrogen functional groups attached to an aromatic ring is 2. The highest BCUT2D eigenvalue weighted by Gasteiger charge is 2.26. The van der Waals surface area contributed by atoms with Crippen molar-refractivity contribution in [3.05, 3.63) is 71.8 Å². The molecule has 0 unspecified atom stereocenters. The standard InChI is InChI=1S/C86H140N2O10/c1-7-13-19-25-31-37-43-49-59-91-79-65-71(66-80(92-60-50-44-38-32-26-20-14-8-2)83(79)95-63-53-47-41-35-29-23-17-11-5)85(89)97-77-69-73(87)55-57-75(77)76-58-56-74(88)70-78(76)98-86(90)72-67-81(93-61-51-45-39-33-27-21-15-9-3)84(96-64-54-48-42-36-30-24-18-12-6)82(68-72)94-62-52-46-40-34-28-22-16-10-4/h55-58,65-70H,7-54,59-64,87-88H2,1-6H3. The molecule has 4 aromatic rings. The van der Waals surface area contributed by atoms with E-state index in [1.807, 2.05) is 0 Å². The molecule has 4 N–H and O–H groups in total. The van der Waals surface area contributed by atoms with Crippen molar-refractivity contribution in [1.82, 2.24) is 0 Å². The predicted molar refractivity (Wildman–Crippen MR) is 412 cm³/mol. The van der Waals surface area contributed by atoms with E-state index in [0.29, 0.717) is 96.6 Å². The molecule has 0 heterocycles. The summed E-state index contributed by atoms with van der Waals surface area (Å²) in [5.74, 6) is 1.93. The number of unbranched alkanes of at least 4 members (excludes halogenated alkanes) is 42. The van der Waals surface area contributed by atoms with Crippen LogP contribution < -0.4 is 49.4 Å². The van der Waals surface area contributed by atoms with Crippen LogP contribution in [0.3, 0.4) is 0 Å². The molecule has 12 nitrogen and oxygen atoms in total. The van der Waals surface area contributed by atoms with Crippen molar-refractivity contribution >= 4 is 23.3 Å². The Balaban J connectivity index is 1.70. The summed E-state index contributed by atoms with van der Waals surface area (Å²) in [6.45, 7) is 16.4. The minimum absolute atomic E-state index is 0.168. The Morgan fingerprint density at radius 2 is 0.439 bits per heavy atom. The summed E-state index contributed by atoms with van der Waals surface area (Å²) in [6.07, 6.45) is 56.3. The van der Waals surface area contributed by atoms with Gasteiger partial charge in [-0.1, -0.05) is 311 Å². The lowest BCUT2D eigenvalue weighted by atomic mass is 10.0. The molecule has 0 fully saturated rings. The van der Waals surface area contributed by atoms with Crippen LogP contribution in [0.15, 0.2) is 60.7 Å². The van der Waals surface area contributed by atoms with E-state index in [-0.39, 0.29) is 22.6 Å². The Labute approximate surface area is 597 Å². The normalized spacial score (nSPS) is 11.3. The molecule has 0 bridgehead atoms. The molecule has 554 valence electrons. The maximum atomic E-state index is 14.9. The number of hydrogen-bond acceptors (Lipinski definition) is 12. The number of ether oxygens (including phenoxy) is 8. The second-order valence-corrected chi connectivity index (χ2v) is 27.8. The monoisotopic (exact) mass is 1360 g/mol. The van der Waals surface area contributed by atoms with Crippen LogP contribution in [0.5, 0.6) is 46.0 Å². The maximum Gasteiger partial charge on any atom is 0.343 e. The van der Waals surface area contributed by atoms with Crippen molar-refractivity contribution in [3.63, 3.8) is 0 Å². The lowest BCUT2D eigenvalue weighted by molar-refractivity contribution is 0.0722. The van der Waals surface area contributed by atoms with Crippen LogP contribution in [0.25, 0.3) is 11.1 Å². The van der Waals surface area contributed by atoms with Crippen LogP contribution in [0.1, 0.15) is 370 Å². The van der Waals surface area contributed by atoms with E-state index < -0.39 is 11.9 Å². The highest BCUT2D eigenvalue weighted by molar-refractivity contribution is 5.96. The molecule has 0 amide bonds. The summed E-state index contributed by atoms with van der Waals surface area (Å²) < 4.78 is 52.8. The minimum atomic E-state index is -0.641. The van der Waals surface area contributed by atoms with Gasteiger partial charge < -0.3 is 49.4 Å². The quantitative estimate of drug-likeness (QED) is 0.0187. The predicted octanol–water partition coefficient (Wildman–Crippen LogP) is 26.1. The topological polar surface area (TPSA) is 160 Å². The van der Waals surface area contributed by atoms with Crippen molar-refractivity contribution in [2.24, 2.45) is 0 Å². The summed E-state index contributed by atoms with van der Waals surface area (Å²) in [4.78, 5) is 29.9. The highest BCUT2D eigenvalue weighted by atomic mass is 16.6. The number of carbonyl (C=O) groups excluding carboxylic acids is 2. The Morgan fingerprint density at radius 1 is 0.245 bits per heavy atom. The summed E-state index contributed by atoms with van der Waals surface area (Å²) in [5, 5.41) is 0. The second kappa shape index (κ2) is 56.9. The summed E-state index contributed by atoms with van der Waals surface area (Å²) in [6, 6.07) is 17.2. The first-order valence-corrected chi connectivity index (χ1v) is 40.5. The maximum absolute atomic E-state index is 14.9. The third-order valence-corrected chi connectivity index (χ3v) is 18.7. The van der Waals surface area contributed by atoms with E-state index >= 15 is 0 Å². The zero-order chi connectivity index (χ0) is 70.1. The third kappa shape index (κ3) is 37.6. The molecule has 0 aromatic heterocycles. The van der Waals surface area contributed by atoms with Crippen LogP contribution >= 0.6 is 0 Å². The molecule has 4 rings (SSSR count). The van der Waals surface area contributed by atoms with Crippen molar-refractivity contribution < 1.29 is 47.5 Å². The fourth-order valence-electron chi connectivity index (χ4n) is 12.6. The average Bonchev–Trinajstić information content (AvgIpc) is 0.804. The van der Waals surface area contributed by atoms with Gasteiger partial charge in [0.2, 0.25) is 11.5 Å². The van der Waals surface area contributed by atoms with Gasteiger partial charge in [0.1, 0.15) is 11.5 Å².